The molecule has 0 radical (unpaired) electrons. The van der Waals surface area contributed by atoms with E-state index in [0.29, 0.717) is 0 Å². The van der Waals surface area contributed by atoms with Gasteiger partial charge in [-0.15, -0.1) is 0 Å². The summed E-state index contributed by atoms with van der Waals surface area (Å²) in [6.45, 7) is -0.0260. The van der Waals surface area contributed by atoms with Gasteiger partial charge in [-0.1, -0.05) is 6.07 Å². The van der Waals surface area contributed by atoms with Crippen LogP contribution in [0.25, 0.3) is 0 Å². The highest BCUT2D eigenvalue weighted by atomic mass is 79.9. The normalized spacial score (nSPS) is 11.7. The van der Waals surface area contributed by atoms with Crippen molar-refractivity contribution in [1.29, 1.82) is 0 Å². The number of halogens is 1. The molecular formula is C11H12BrNO6. The van der Waals surface area contributed by atoms with Crippen LogP contribution in [0.5, 0.6) is 5.75 Å². The highest BCUT2D eigenvalue weighted by molar-refractivity contribution is 9.10. The fraction of sp³-hybridized carbons (Fsp3) is 0.364. The van der Waals surface area contributed by atoms with Crippen molar-refractivity contribution < 1.29 is 23.9 Å². The first-order chi connectivity index (χ1) is 9.01. The van der Waals surface area contributed by atoms with E-state index >= 15 is 0 Å². The van der Waals surface area contributed by atoms with Crippen LogP contribution < -0.4 is 4.74 Å². The summed E-state index contributed by atoms with van der Waals surface area (Å²) < 4.78 is 14.9. The number of methoxy groups -OCH3 is 2. The number of ether oxygens (including phenoxy) is 3. The molecule has 0 amide bonds. The summed E-state index contributed by atoms with van der Waals surface area (Å²) in [5, 5.41) is 10.8. The van der Waals surface area contributed by atoms with E-state index in [9.17, 15) is 14.9 Å². The Balaban J connectivity index is 2.99. The van der Waals surface area contributed by atoms with Gasteiger partial charge in [0.25, 0.3) is 5.69 Å². The zero-order valence-corrected chi connectivity index (χ0v) is 11.9. The minimum atomic E-state index is -0.992. The lowest BCUT2D eigenvalue weighted by atomic mass is 10.3. The van der Waals surface area contributed by atoms with Crippen molar-refractivity contribution in [1.82, 2.24) is 0 Å². The molecule has 1 rings (SSSR count). The van der Waals surface area contributed by atoms with E-state index < -0.39 is 17.0 Å². The SMILES string of the molecule is COCC(Oc1cccc([N+](=O)[O-])c1Br)C(=O)OC. The van der Waals surface area contributed by atoms with Crippen molar-refractivity contribution in [3.8, 4) is 5.75 Å². The zero-order valence-electron chi connectivity index (χ0n) is 10.3. The molecule has 0 N–H and O–H groups in total. The first-order valence-electron chi connectivity index (χ1n) is 5.17. The molecule has 1 aromatic carbocycles. The maximum Gasteiger partial charge on any atom is 0.349 e. The smallest absolute Gasteiger partial charge is 0.349 e. The number of benzene rings is 1. The van der Waals surface area contributed by atoms with Gasteiger partial charge in [0.1, 0.15) is 10.2 Å². The number of rotatable bonds is 6. The summed E-state index contributed by atoms with van der Waals surface area (Å²) in [7, 11) is 2.62. The average Bonchev–Trinajstić information content (AvgIpc) is 2.39. The van der Waals surface area contributed by atoms with E-state index in [1.807, 2.05) is 0 Å². The van der Waals surface area contributed by atoms with Crippen molar-refractivity contribution in [3.63, 3.8) is 0 Å². The molecule has 1 atom stereocenters. The van der Waals surface area contributed by atoms with Crippen molar-refractivity contribution in [2.45, 2.75) is 6.10 Å². The Kier molecular flexibility index (Phi) is 5.71. The van der Waals surface area contributed by atoms with Gasteiger partial charge < -0.3 is 14.2 Å². The van der Waals surface area contributed by atoms with Gasteiger partial charge in [0.2, 0.25) is 6.10 Å². The van der Waals surface area contributed by atoms with Crippen LogP contribution >= 0.6 is 15.9 Å². The number of carbonyl (C=O) groups is 1. The molecule has 0 saturated carbocycles. The number of carbonyl (C=O) groups excluding carboxylic acids is 1. The minimum absolute atomic E-state index is 0.0260. The number of esters is 1. The maximum absolute atomic E-state index is 11.5. The standard InChI is InChI=1S/C11H12BrNO6/c1-17-6-9(11(14)18-2)19-8-5-3-4-7(10(8)12)13(15)16/h3-5,9H,6H2,1-2H3. The predicted molar refractivity (Wildman–Crippen MR) is 69.1 cm³/mol. The molecular weight excluding hydrogens is 322 g/mol. The quantitative estimate of drug-likeness (QED) is 0.449. The van der Waals surface area contributed by atoms with E-state index in [-0.39, 0.29) is 22.5 Å². The lowest BCUT2D eigenvalue weighted by Crippen LogP contribution is -2.33. The van der Waals surface area contributed by atoms with Gasteiger partial charge in [0, 0.05) is 13.2 Å². The molecule has 104 valence electrons. The monoisotopic (exact) mass is 333 g/mol. The Morgan fingerprint density at radius 2 is 2.16 bits per heavy atom. The summed E-state index contributed by atoms with van der Waals surface area (Å²) in [5.41, 5.74) is -0.154. The van der Waals surface area contributed by atoms with E-state index in [1.165, 1.54) is 32.4 Å². The Morgan fingerprint density at radius 3 is 2.68 bits per heavy atom. The zero-order chi connectivity index (χ0) is 14.4. The van der Waals surface area contributed by atoms with Crippen molar-refractivity contribution >= 4 is 27.6 Å². The third-order valence-corrected chi connectivity index (χ3v) is 2.99. The van der Waals surface area contributed by atoms with Crippen LogP contribution in [0.15, 0.2) is 22.7 Å². The first-order valence-corrected chi connectivity index (χ1v) is 5.96. The van der Waals surface area contributed by atoms with E-state index in [1.54, 1.807) is 0 Å². The fourth-order valence-electron chi connectivity index (χ4n) is 1.32. The van der Waals surface area contributed by atoms with Crippen LogP contribution in [0.1, 0.15) is 0 Å². The van der Waals surface area contributed by atoms with Gasteiger partial charge in [0.05, 0.1) is 18.6 Å². The minimum Gasteiger partial charge on any atom is -0.475 e. The third-order valence-electron chi connectivity index (χ3n) is 2.19. The van der Waals surface area contributed by atoms with Crippen LogP contribution in [-0.4, -0.2) is 37.8 Å². The van der Waals surface area contributed by atoms with Crippen LogP contribution in [0.4, 0.5) is 5.69 Å². The summed E-state index contributed by atoms with van der Waals surface area (Å²) in [5.74, 6) is -0.457. The Morgan fingerprint density at radius 1 is 1.47 bits per heavy atom. The lowest BCUT2D eigenvalue weighted by molar-refractivity contribution is -0.385. The molecule has 19 heavy (non-hydrogen) atoms. The molecule has 0 aliphatic carbocycles. The predicted octanol–water partition coefficient (Wildman–Crippen LogP) is 1.92. The first kappa shape index (κ1) is 15.4. The highest BCUT2D eigenvalue weighted by Gasteiger charge is 2.24. The fourth-order valence-corrected chi connectivity index (χ4v) is 1.82. The van der Waals surface area contributed by atoms with Gasteiger partial charge in [-0.2, -0.15) is 0 Å². The summed E-state index contributed by atoms with van der Waals surface area (Å²) in [6.07, 6.45) is -0.992. The second-order valence-corrected chi connectivity index (χ2v) is 4.22. The van der Waals surface area contributed by atoms with E-state index in [2.05, 4.69) is 20.7 Å². The Labute approximate surface area is 117 Å². The van der Waals surface area contributed by atoms with Crippen LogP contribution in [0.3, 0.4) is 0 Å². The van der Waals surface area contributed by atoms with Crippen LogP contribution in [0.2, 0.25) is 0 Å². The van der Waals surface area contributed by atoms with Gasteiger partial charge in [-0.05, 0) is 22.0 Å². The molecule has 0 aromatic heterocycles. The van der Waals surface area contributed by atoms with Gasteiger partial charge in [-0.25, -0.2) is 4.79 Å². The molecule has 0 saturated heterocycles. The summed E-state index contributed by atoms with van der Waals surface area (Å²) >= 11 is 3.07. The molecule has 0 bridgehead atoms. The number of nitrogens with zero attached hydrogens (tertiary/aromatic N) is 1. The molecule has 0 spiro atoms. The molecule has 0 fully saturated rings. The number of hydrogen-bond donors (Lipinski definition) is 0. The third kappa shape index (κ3) is 3.90. The number of nitro benzene ring substituents is 1. The molecule has 1 unspecified atom stereocenters. The molecule has 8 heteroatoms. The van der Waals surface area contributed by atoms with Gasteiger partial charge >= 0.3 is 5.97 Å². The van der Waals surface area contributed by atoms with Gasteiger partial charge in [-0.3, -0.25) is 10.1 Å². The summed E-state index contributed by atoms with van der Waals surface area (Å²) in [4.78, 5) is 21.7. The van der Waals surface area contributed by atoms with Crippen molar-refractivity contribution in [2.75, 3.05) is 20.8 Å². The largest absolute Gasteiger partial charge is 0.475 e. The highest BCUT2D eigenvalue weighted by Crippen LogP contribution is 2.34. The number of nitro groups is 1. The Hall–Kier alpha value is -1.67. The molecule has 1 aromatic rings. The van der Waals surface area contributed by atoms with E-state index in [4.69, 9.17) is 9.47 Å². The molecule has 0 aliphatic heterocycles. The second kappa shape index (κ2) is 7.05. The van der Waals surface area contributed by atoms with E-state index in [0.717, 1.165) is 0 Å². The summed E-state index contributed by atoms with van der Waals surface area (Å²) in [6, 6.07) is 4.28. The maximum atomic E-state index is 11.5. The van der Waals surface area contributed by atoms with Crippen LogP contribution in [0, 0.1) is 10.1 Å². The molecule has 0 aliphatic rings. The second-order valence-electron chi connectivity index (χ2n) is 3.43. The molecule has 0 heterocycles. The lowest BCUT2D eigenvalue weighted by Gasteiger charge is -2.16. The molecule has 7 nitrogen and oxygen atoms in total. The van der Waals surface area contributed by atoms with Crippen LogP contribution in [-0.2, 0) is 14.3 Å². The average molecular weight is 334 g/mol. The topological polar surface area (TPSA) is 87.9 Å². The van der Waals surface area contributed by atoms with Gasteiger partial charge in [0.15, 0.2) is 0 Å². The van der Waals surface area contributed by atoms with Crippen molar-refractivity contribution in [2.24, 2.45) is 0 Å². The number of hydrogen-bond acceptors (Lipinski definition) is 6. The Bertz CT molecular complexity index is 478. The van der Waals surface area contributed by atoms with Crippen molar-refractivity contribution in [3.05, 3.63) is 32.8 Å².